The van der Waals surface area contributed by atoms with Crippen LogP contribution in [0.4, 0.5) is 0 Å². The van der Waals surface area contributed by atoms with Gasteiger partial charge in [0.1, 0.15) is 0 Å². The van der Waals surface area contributed by atoms with Gasteiger partial charge < -0.3 is 5.73 Å². The number of rotatable bonds is 2. The summed E-state index contributed by atoms with van der Waals surface area (Å²) >= 11 is 1.92. The minimum Gasteiger partial charge on any atom is -0.324 e. The molecule has 1 unspecified atom stereocenters. The minimum atomic E-state index is 0.276. The standard InChI is InChI=1S/C11H17NS/c1-2-10(12)9-7-13-11-6-4-3-5-8(9)11/h7,10H,2-6,12H2,1H3. The molecule has 72 valence electrons. The molecule has 0 amide bonds. The zero-order valence-corrected chi connectivity index (χ0v) is 8.99. The van der Waals surface area contributed by atoms with Gasteiger partial charge in [0.05, 0.1) is 0 Å². The van der Waals surface area contributed by atoms with Gasteiger partial charge in [-0.05, 0) is 48.6 Å². The van der Waals surface area contributed by atoms with Crippen molar-refractivity contribution in [1.82, 2.24) is 0 Å². The maximum Gasteiger partial charge on any atom is 0.0303 e. The van der Waals surface area contributed by atoms with Crippen molar-refractivity contribution in [3.8, 4) is 0 Å². The molecule has 2 rings (SSSR count). The van der Waals surface area contributed by atoms with Crippen molar-refractivity contribution < 1.29 is 0 Å². The summed E-state index contributed by atoms with van der Waals surface area (Å²) in [5.74, 6) is 0. The van der Waals surface area contributed by atoms with Crippen LogP contribution in [0.1, 0.15) is 48.2 Å². The molecule has 1 aromatic rings. The van der Waals surface area contributed by atoms with Crippen molar-refractivity contribution in [3.05, 3.63) is 21.4 Å². The highest BCUT2D eigenvalue weighted by Gasteiger charge is 2.18. The van der Waals surface area contributed by atoms with Crippen LogP contribution in [-0.4, -0.2) is 0 Å². The molecule has 1 aliphatic carbocycles. The van der Waals surface area contributed by atoms with Gasteiger partial charge >= 0.3 is 0 Å². The summed E-state index contributed by atoms with van der Waals surface area (Å²) in [6.07, 6.45) is 6.34. The van der Waals surface area contributed by atoms with Crippen LogP contribution < -0.4 is 5.73 Å². The fourth-order valence-corrected chi connectivity index (χ4v) is 3.26. The quantitative estimate of drug-likeness (QED) is 0.771. The smallest absolute Gasteiger partial charge is 0.0303 e. The monoisotopic (exact) mass is 195 g/mol. The Balaban J connectivity index is 2.31. The van der Waals surface area contributed by atoms with E-state index in [-0.39, 0.29) is 6.04 Å². The van der Waals surface area contributed by atoms with Crippen molar-refractivity contribution in [2.75, 3.05) is 0 Å². The summed E-state index contributed by atoms with van der Waals surface area (Å²) in [7, 11) is 0. The summed E-state index contributed by atoms with van der Waals surface area (Å²) in [5.41, 5.74) is 9.09. The molecular formula is C11H17NS. The molecule has 1 aliphatic rings. The Kier molecular flexibility index (Phi) is 2.70. The maximum absolute atomic E-state index is 6.07. The zero-order chi connectivity index (χ0) is 9.26. The highest BCUT2D eigenvalue weighted by atomic mass is 32.1. The Morgan fingerprint density at radius 2 is 2.23 bits per heavy atom. The van der Waals surface area contributed by atoms with Crippen molar-refractivity contribution in [1.29, 1.82) is 0 Å². The molecule has 0 saturated carbocycles. The average Bonchev–Trinajstić information content (AvgIpc) is 2.60. The minimum absolute atomic E-state index is 0.276. The van der Waals surface area contributed by atoms with Crippen LogP contribution in [0.25, 0.3) is 0 Å². The third-order valence-electron chi connectivity index (χ3n) is 2.93. The Morgan fingerprint density at radius 1 is 1.46 bits per heavy atom. The van der Waals surface area contributed by atoms with Crippen LogP contribution in [0.15, 0.2) is 5.38 Å². The van der Waals surface area contributed by atoms with Gasteiger partial charge in [0, 0.05) is 10.9 Å². The largest absolute Gasteiger partial charge is 0.324 e. The molecule has 1 atom stereocenters. The van der Waals surface area contributed by atoms with Crippen LogP contribution in [-0.2, 0) is 12.8 Å². The van der Waals surface area contributed by atoms with E-state index in [1.54, 1.807) is 10.4 Å². The molecule has 0 aliphatic heterocycles. The molecule has 0 fully saturated rings. The zero-order valence-electron chi connectivity index (χ0n) is 8.18. The fourth-order valence-electron chi connectivity index (χ4n) is 2.05. The topological polar surface area (TPSA) is 26.0 Å². The SMILES string of the molecule is CCC(N)c1csc2c1CCCC2. The third kappa shape index (κ3) is 1.65. The second-order valence-electron chi connectivity index (χ2n) is 3.81. The first kappa shape index (κ1) is 9.22. The molecule has 1 heterocycles. The number of nitrogens with two attached hydrogens (primary N) is 1. The number of aryl methyl sites for hydroxylation is 1. The van der Waals surface area contributed by atoms with Crippen molar-refractivity contribution in [2.45, 2.75) is 45.1 Å². The molecule has 2 heteroatoms. The van der Waals surface area contributed by atoms with E-state index < -0.39 is 0 Å². The van der Waals surface area contributed by atoms with E-state index in [0.717, 1.165) is 6.42 Å². The van der Waals surface area contributed by atoms with Gasteiger partial charge in [0.25, 0.3) is 0 Å². The van der Waals surface area contributed by atoms with Crippen LogP contribution in [0, 0.1) is 0 Å². The normalized spacial score (nSPS) is 18.3. The molecule has 0 bridgehead atoms. The van der Waals surface area contributed by atoms with E-state index in [0.29, 0.717) is 0 Å². The van der Waals surface area contributed by atoms with Gasteiger partial charge in [0.15, 0.2) is 0 Å². The Hall–Kier alpha value is -0.340. The molecule has 1 nitrogen and oxygen atoms in total. The van der Waals surface area contributed by atoms with E-state index in [1.165, 1.54) is 31.2 Å². The van der Waals surface area contributed by atoms with E-state index in [9.17, 15) is 0 Å². The Morgan fingerprint density at radius 3 is 3.00 bits per heavy atom. The van der Waals surface area contributed by atoms with E-state index >= 15 is 0 Å². The molecule has 0 aromatic carbocycles. The lowest BCUT2D eigenvalue weighted by atomic mass is 9.92. The summed E-state index contributed by atoms with van der Waals surface area (Å²) in [4.78, 5) is 1.60. The Bertz CT molecular complexity index is 290. The van der Waals surface area contributed by atoms with Gasteiger partial charge in [-0.25, -0.2) is 0 Å². The van der Waals surface area contributed by atoms with Crippen molar-refractivity contribution >= 4 is 11.3 Å². The van der Waals surface area contributed by atoms with Crippen LogP contribution >= 0.6 is 11.3 Å². The van der Waals surface area contributed by atoms with Crippen molar-refractivity contribution in [3.63, 3.8) is 0 Å². The van der Waals surface area contributed by atoms with Crippen LogP contribution in [0.5, 0.6) is 0 Å². The number of hydrogen-bond donors (Lipinski definition) is 1. The number of hydrogen-bond acceptors (Lipinski definition) is 2. The third-order valence-corrected chi connectivity index (χ3v) is 4.04. The predicted octanol–water partition coefficient (Wildman–Crippen LogP) is 3.04. The van der Waals surface area contributed by atoms with Gasteiger partial charge in [0.2, 0.25) is 0 Å². The lowest BCUT2D eigenvalue weighted by molar-refractivity contribution is 0.654. The summed E-state index contributed by atoms with van der Waals surface area (Å²) < 4.78 is 0. The first-order valence-electron chi connectivity index (χ1n) is 5.17. The van der Waals surface area contributed by atoms with E-state index in [4.69, 9.17) is 5.73 Å². The second kappa shape index (κ2) is 3.81. The van der Waals surface area contributed by atoms with Crippen molar-refractivity contribution in [2.24, 2.45) is 5.73 Å². The first-order valence-corrected chi connectivity index (χ1v) is 6.05. The van der Waals surface area contributed by atoms with E-state index in [1.807, 2.05) is 11.3 Å². The highest BCUT2D eigenvalue weighted by molar-refractivity contribution is 7.10. The Labute approximate surface area is 84.0 Å². The van der Waals surface area contributed by atoms with Gasteiger partial charge in [-0.2, -0.15) is 0 Å². The number of fused-ring (bicyclic) bond motifs is 1. The number of thiophene rings is 1. The summed E-state index contributed by atoms with van der Waals surface area (Å²) in [5, 5.41) is 2.28. The van der Waals surface area contributed by atoms with Crippen LogP contribution in [0.2, 0.25) is 0 Å². The molecule has 13 heavy (non-hydrogen) atoms. The lowest BCUT2D eigenvalue weighted by Gasteiger charge is -2.15. The first-order chi connectivity index (χ1) is 6.33. The van der Waals surface area contributed by atoms with E-state index in [2.05, 4.69) is 12.3 Å². The average molecular weight is 195 g/mol. The molecule has 0 radical (unpaired) electrons. The predicted molar refractivity (Wildman–Crippen MR) is 58.2 cm³/mol. The summed E-state index contributed by atoms with van der Waals surface area (Å²) in [6, 6.07) is 0.276. The molecule has 1 aromatic heterocycles. The van der Waals surface area contributed by atoms with Crippen LogP contribution in [0.3, 0.4) is 0 Å². The fraction of sp³-hybridized carbons (Fsp3) is 0.636. The highest BCUT2D eigenvalue weighted by Crippen LogP contribution is 2.33. The van der Waals surface area contributed by atoms with Gasteiger partial charge in [-0.1, -0.05) is 6.92 Å². The molecule has 0 saturated heterocycles. The molecule has 2 N–H and O–H groups in total. The van der Waals surface area contributed by atoms with Gasteiger partial charge in [-0.3, -0.25) is 0 Å². The second-order valence-corrected chi connectivity index (χ2v) is 4.78. The molecule has 0 spiro atoms. The molecular weight excluding hydrogens is 178 g/mol. The summed E-state index contributed by atoms with van der Waals surface area (Å²) in [6.45, 7) is 2.16. The maximum atomic E-state index is 6.07. The van der Waals surface area contributed by atoms with Gasteiger partial charge in [-0.15, -0.1) is 11.3 Å². The lowest BCUT2D eigenvalue weighted by Crippen LogP contribution is -2.11.